The lowest BCUT2D eigenvalue weighted by atomic mass is 10.0. The van der Waals surface area contributed by atoms with Crippen molar-refractivity contribution in [3.63, 3.8) is 0 Å². The van der Waals surface area contributed by atoms with Crippen LogP contribution in [0.1, 0.15) is 19.0 Å². The third-order valence-electron chi connectivity index (χ3n) is 6.26. The van der Waals surface area contributed by atoms with E-state index in [1.807, 2.05) is 14.0 Å². The van der Waals surface area contributed by atoms with E-state index in [1.165, 1.54) is 17.1 Å². The van der Waals surface area contributed by atoms with Crippen molar-refractivity contribution in [1.82, 2.24) is 25.0 Å². The third-order valence-corrected chi connectivity index (χ3v) is 8.38. The molecule has 0 aliphatic carbocycles. The van der Waals surface area contributed by atoms with Gasteiger partial charge in [0.05, 0.1) is 0 Å². The summed E-state index contributed by atoms with van der Waals surface area (Å²) in [5, 5.41) is 19.8. The number of anilines is 1. The Morgan fingerprint density at radius 2 is 2.02 bits per heavy atom. The number of aliphatic carboxylic acids is 1. The molecule has 4 rings (SSSR count). The maximum atomic E-state index is 13.1. The predicted molar refractivity (Wildman–Crippen MR) is 145 cm³/mol. The molecule has 17 heteroatoms. The fourth-order valence-corrected chi connectivity index (χ4v) is 6.12. The van der Waals surface area contributed by atoms with Crippen LogP contribution in [0.5, 0.6) is 0 Å². The number of piperazine rings is 1. The number of β-lactam (4-membered cyclic amide) rings is 1. The molecular weight excluding hydrogens is 566 g/mol. The van der Waals surface area contributed by atoms with Crippen LogP contribution in [0.3, 0.4) is 0 Å². The van der Waals surface area contributed by atoms with Crippen LogP contribution in [0.4, 0.5) is 9.93 Å². The SMILES string of the molecule is CCCO/N=C(/C(=O)NC1C(=O)N2C(C(=O)O)=C(COC(=O)N3CCN(C)CC3)CS[C@H]12)c1csc(NC=O)n1. The maximum absolute atomic E-state index is 13.1. The van der Waals surface area contributed by atoms with Gasteiger partial charge >= 0.3 is 12.1 Å². The molecule has 4 amide bonds. The highest BCUT2D eigenvalue weighted by Gasteiger charge is 2.54. The number of rotatable bonds is 11. The minimum atomic E-state index is -1.33. The molecule has 4 heterocycles. The first-order valence-corrected chi connectivity index (χ1v) is 14.3. The van der Waals surface area contributed by atoms with Gasteiger partial charge in [-0.25, -0.2) is 14.6 Å². The molecule has 2 fully saturated rings. The predicted octanol–water partition coefficient (Wildman–Crippen LogP) is -0.0353. The van der Waals surface area contributed by atoms with Gasteiger partial charge in [0.25, 0.3) is 11.8 Å². The van der Waals surface area contributed by atoms with Crippen molar-refractivity contribution in [2.75, 3.05) is 57.5 Å². The van der Waals surface area contributed by atoms with Crippen molar-refractivity contribution in [2.24, 2.45) is 5.16 Å². The number of carboxylic acid groups (broad SMARTS) is 1. The number of ether oxygens (including phenoxy) is 1. The topological polar surface area (TPSA) is 183 Å². The number of amides is 4. The molecule has 216 valence electrons. The van der Waals surface area contributed by atoms with E-state index in [4.69, 9.17) is 9.57 Å². The Balaban J connectivity index is 1.44. The molecule has 3 N–H and O–H groups in total. The van der Waals surface area contributed by atoms with Gasteiger partial charge in [0.1, 0.15) is 36.0 Å². The number of thiazole rings is 1. The Hall–Kier alpha value is -3.70. The normalized spacial score (nSPS) is 21.4. The van der Waals surface area contributed by atoms with Gasteiger partial charge in [-0.15, -0.1) is 23.1 Å². The van der Waals surface area contributed by atoms with Gasteiger partial charge in [-0.1, -0.05) is 12.1 Å². The van der Waals surface area contributed by atoms with Crippen LogP contribution in [0, 0.1) is 0 Å². The first-order chi connectivity index (χ1) is 19.2. The van der Waals surface area contributed by atoms with E-state index in [1.54, 1.807) is 4.90 Å². The number of carboxylic acids is 1. The first kappa shape index (κ1) is 29.3. The number of carbonyl (C=O) groups excluding carboxylic acids is 4. The molecule has 0 bridgehead atoms. The number of nitrogens with zero attached hydrogens (tertiary/aromatic N) is 5. The first-order valence-electron chi connectivity index (χ1n) is 12.4. The maximum Gasteiger partial charge on any atom is 0.410 e. The number of hydrogen-bond donors (Lipinski definition) is 3. The van der Waals surface area contributed by atoms with Gasteiger partial charge in [0, 0.05) is 42.9 Å². The number of nitrogens with one attached hydrogen (secondary N) is 2. The Morgan fingerprint density at radius 1 is 1.27 bits per heavy atom. The summed E-state index contributed by atoms with van der Waals surface area (Å²) in [6.45, 7) is 4.27. The van der Waals surface area contributed by atoms with Crippen LogP contribution in [-0.2, 0) is 28.8 Å². The van der Waals surface area contributed by atoms with E-state index in [2.05, 4.69) is 25.7 Å². The van der Waals surface area contributed by atoms with Crippen molar-refractivity contribution in [3.05, 3.63) is 22.3 Å². The number of fused-ring (bicyclic) bond motifs is 1. The lowest BCUT2D eigenvalue weighted by molar-refractivity contribution is -0.150. The zero-order valence-corrected chi connectivity index (χ0v) is 23.5. The summed E-state index contributed by atoms with van der Waals surface area (Å²) in [7, 11) is 1.96. The Kier molecular flexibility index (Phi) is 9.59. The average molecular weight is 596 g/mol. The molecule has 0 spiro atoms. The van der Waals surface area contributed by atoms with Crippen LogP contribution in [0.25, 0.3) is 0 Å². The molecule has 3 aliphatic rings. The number of likely N-dealkylation sites (N-methyl/N-ethyl adjacent to an activating group) is 1. The van der Waals surface area contributed by atoms with Crippen LogP contribution >= 0.6 is 23.1 Å². The molecule has 2 saturated heterocycles. The number of aromatic nitrogens is 1. The van der Waals surface area contributed by atoms with E-state index in [0.29, 0.717) is 44.6 Å². The van der Waals surface area contributed by atoms with Crippen LogP contribution < -0.4 is 10.6 Å². The lowest BCUT2D eigenvalue weighted by Gasteiger charge is -2.49. The molecule has 3 aliphatic heterocycles. The second-order valence-electron chi connectivity index (χ2n) is 9.04. The van der Waals surface area contributed by atoms with Crippen molar-refractivity contribution >= 4 is 64.2 Å². The second kappa shape index (κ2) is 13.1. The van der Waals surface area contributed by atoms with Gasteiger partial charge in [-0.2, -0.15) is 0 Å². The fourth-order valence-electron chi connectivity index (χ4n) is 4.14. The zero-order valence-electron chi connectivity index (χ0n) is 21.8. The molecular formula is C23H29N7O8S2. The Labute approximate surface area is 237 Å². The molecule has 0 radical (unpaired) electrons. The second-order valence-corrected chi connectivity index (χ2v) is 11.0. The molecule has 2 atom stereocenters. The molecule has 15 nitrogen and oxygen atoms in total. The monoisotopic (exact) mass is 595 g/mol. The Morgan fingerprint density at radius 3 is 2.70 bits per heavy atom. The standard InChI is InChI=1S/C23H29N7O8S2/c1-3-8-38-27-15(14-11-40-22(25-14)24-12-31)18(32)26-16-19(33)30-17(21(34)35)13(10-39-20(16)30)9-37-23(36)29-6-4-28(2)5-7-29/h11-12,16,20H,3-10H2,1-2H3,(H,26,32)(H,34,35)(H,24,25,31)/b27-15+/t16?,20-/m1/s1. The number of oxime groups is 1. The summed E-state index contributed by atoms with van der Waals surface area (Å²) < 4.78 is 5.38. The molecule has 1 aromatic heterocycles. The highest BCUT2D eigenvalue weighted by Crippen LogP contribution is 2.40. The molecule has 1 unspecified atom stereocenters. The van der Waals surface area contributed by atoms with Gasteiger partial charge in [0.2, 0.25) is 6.41 Å². The van der Waals surface area contributed by atoms with Crippen LogP contribution in [-0.4, -0.2) is 124 Å². The third kappa shape index (κ3) is 6.37. The minimum absolute atomic E-state index is 0.137. The smallest absolute Gasteiger partial charge is 0.410 e. The highest BCUT2D eigenvalue weighted by molar-refractivity contribution is 8.00. The van der Waals surface area contributed by atoms with Gasteiger partial charge in [-0.3, -0.25) is 19.3 Å². The van der Waals surface area contributed by atoms with Crippen molar-refractivity contribution in [1.29, 1.82) is 0 Å². The average Bonchev–Trinajstić information content (AvgIpc) is 3.40. The van der Waals surface area contributed by atoms with Crippen LogP contribution in [0.15, 0.2) is 21.8 Å². The van der Waals surface area contributed by atoms with E-state index in [0.717, 1.165) is 16.2 Å². The summed E-state index contributed by atoms with van der Waals surface area (Å²) in [6, 6.07) is -1.02. The largest absolute Gasteiger partial charge is 0.477 e. The number of hydrogen-bond acceptors (Lipinski definition) is 12. The Bertz CT molecular complexity index is 1230. The van der Waals surface area contributed by atoms with E-state index >= 15 is 0 Å². The van der Waals surface area contributed by atoms with Gasteiger partial charge in [0.15, 0.2) is 10.8 Å². The summed E-state index contributed by atoms with van der Waals surface area (Å²) in [5.74, 6) is -2.51. The van der Waals surface area contributed by atoms with Crippen LogP contribution in [0.2, 0.25) is 0 Å². The van der Waals surface area contributed by atoms with E-state index in [9.17, 15) is 29.1 Å². The zero-order chi connectivity index (χ0) is 28.8. The minimum Gasteiger partial charge on any atom is -0.477 e. The van der Waals surface area contributed by atoms with Crippen molar-refractivity contribution in [3.8, 4) is 0 Å². The van der Waals surface area contributed by atoms with E-state index < -0.39 is 35.3 Å². The van der Waals surface area contributed by atoms with Crippen molar-refractivity contribution < 1.29 is 38.7 Å². The molecule has 40 heavy (non-hydrogen) atoms. The summed E-state index contributed by atoms with van der Waals surface area (Å²) in [6.07, 6.45) is 0.548. The quantitative estimate of drug-likeness (QED) is 0.103. The number of thioether (sulfide) groups is 1. The van der Waals surface area contributed by atoms with Gasteiger partial charge in [-0.05, 0) is 13.5 Å². The summed E-state index contributed by atoms with van der Waals surface area (Å²) in [4.78, 5) is 75.6. The van der Waals surface area contributed by atoms with E-state index in [-0.39, 0.29) is 41.2 Å². The molecule has 1 aromatic rings. The lowest BCUT2D eigenvalue weighted by Crippen LogP contribution is -2.71. The van der Waals surface area contributed by atoms with Crippen molar-refractivity contribution in [2.45, 2.75) is 24.8 Å². The summed E-state index contributed by atoms with van der Waals surface area (Å²) in [5.41, 5.74) is -0.0170. The molecule has 0 aromatic carbocycles. The highest BCUT2D eigenvalue weighted by atomic mass is 32.2. The molecule has 0 saturated carbocycles. The van der Waals surface area contributed by atoms with Gasteiger partial charge < -0.3 is 35.1 Å². The summed E-state index contributed by atoms with van der Waals surface area (Å²) >= 11 is 2.32. The fraction of sp³-hybridized carbons (Fsp3) is 0.522. The number of carbonyl (C=O) groups is 5.